The van der Waals surface area contributed by atoms with Crippen LogP contribution in [0.2, 0.25) is 0 Å². The van der Waals surface area contributed by atoms with Gasteiger partial charge in [-0.3, -0.25) is 0 Å². The lowest BCUT2D eigenvalue weighted by Crippen LogP contribution is -2.68. The maximum atomic E-state index is 12.5. The first-order valence-electron chi connectivity index (χ1n) is 6.22. The Morgan fingerprint density at radius 3 is 0.581 bits per heavy atom. The highest BCUT2D eigenvalue weighted by Crippen LogP contribution is 2.62. The van der Waals surface area contributed by atoms with E-state index in [1.165, 1.54) is 0 Å². The average Bonchev–Trinajstić information content (AvgIpc) is 2.26. The second kappa shape index (κ2) is 7.20. The van der Waals surface area contributed by atoms with Gasteiger partial charge in [0.1, 0.15) is 0 Å². The molecule has 184 valence electrons. The molecule has 0 aliphatic carbocycles. The van der Waals surface area contributed by atoms with Gasteiger partial charge in [-0.2, -0.15) is 79.0 Å². The number of halogens is 18. The Kier molecular flexibility index (Phi) is 6.71. The van der Waals surface area contributed by atoms with E-state index in [1.807, 2.05) is 0 Å². The van der Waals surface area contributed by atoms with Gasteiger partial charge in [-0.05, 0) is 0 Å². The van der Waals surface area contributed by atoms with Crippen molar-refractivity contribution in [3.63, 3.8) is 0 Å². The number of ether oxygens (including phenoxy) is 1. The molecule has 21 heteroatoms. The summed E-state index contributed by atoms with van der Waals surface area (Å²) in [5, 5.41) is 0. The molecule has 0 atom stereocenters. The van der Waals surface area contributed by atoms with Crippen molar-refractivity contribution in [3.05, 3.63) is 0 Å². The van der Waals surface area contributed by atoms with Gasteiger partial charge in [0, 0.05) is 0 Å². The molecule has 0 bridgehead atoms. The highest BCUT2D eigenvalue weighted by molar-refractivity contribution is 5.94. The van der Waals surface area contributed by atoms with Crippen molar-refractivity contribution >= 4 is 11.9 Å². The largest absolute Gasteiger partial charge is 0.423 e. The third-order valence-corrected chi connectivity index (χ3v) is 3.35. The molecular weight excluding hydrogens is 510 g/mol. The fraction of sp³-hybridized carbons (Fsp3) is 0.800. The average molecular weight is 510 g/mol. The van der Waals surface area contributed by atoms with Gasteiger partial charge in [0.25, 0.3) is 0 Å². The molecule has 0 fully saturated rings. The molecule has 31 heavy (non-hydrogen) atoms. The zero-order valence-corrected chi connectivity index (χ0v) is 13.0. The standard InChI is InChI=1S/C10F18O3/c11-5(12,13)3(6(14,15)16,7(17,18)19)1(29)31-2(30)4(8(20,21)22,9(23,24)25)10(26,27)28. The van der Waals surface area contributed by atoms with E-state index in [2.05, 4.69) is 0 Å². The van der Waals surface area contributed by atoms with Gasteiger partial charge < -0.3 is 4.74 Å². The van der Waals surface area contributed by atoms with Gasteiger partial charge in [-0.1, -0.05) is 0 Å². The molecule has 0 saturated carbocycles. The van der Waals surface area contributed by atoms with Crippen LogP contribution in [0.15, 0.2) is 0 Å². The number of carbonyl (C=O) groups is 2. The molecule has 0 saturated heterocycles. The predicted octanol–water partition coefficient (Wildman–Crippen LogP) is 5.40. The number of rotatable bonds is 2. The van der Waals surface area contributed by atoms with Gasteiger partial charge in [-0.25, -0.2) is 9.59 Å². The van der Waals surface area contributed by atoms with Gasteiger partial charge in [0.2, 0.25) is 0 Å². The van der Waals surface area contributed by atoms with Crippen LogP contribution in [-0.4, -0.2) is 49.0 Å². The van der Waals surface area contributed by atoms with Crippen LogP contribution >= 0.6 is 0 Å². The van der Waals surface area contributed by atoms with Crippen molar-refractivity contribution in [1.82, 2.24) is 0 Å². The third kappa shape index (κ3) is 4.05. The fourth-order valence-corrected chi connectivity index (χ4v) is 1.90. The van der Waals surface area contributed by atoms with E-state index in [0.29, 0.717) is 0 Å². The quantitative estimate of drug-likeness (QED) is 0.284. The van der Waals surface area contributed by atoms with Crippen LogP contribution in [0.3, 0.4) is 0 Å². The highest BCUT2D eigenvalue weighted by atomic mass is 19.4. The van der Waals surface area contributed by atoms with E-state index in [9.17, 15) is 88.6 Å². The third-order valence-electron chi connectivity index (χ3n) is 3.35. The lowest BCUT2D eigenvalue weighted by atomic mass is 9.83. The number of hydrogen-bond donors (Lipinski definition) is 0. The molecule has 0 spiro atoms. The summed E-state index contributed by atoms with van der Waals surface area (Å²) in [6.07, 6.45) is -48.1. The van der Waals surface area contributed by atoms with Crippen LogP contribution in [0, 0.1) is 10.8 Å². The Labute approximate surface area is 154 Å². The first-order chi connectivity index (χ1) is 13.0. The number of hydrogen-bond acceptors (Lipinski definition) is 3. The minimum atomic E-state index is -8.02. The predicted molar refractivity (Wildman–Crippen MR) is 52.3 cm³/mol. The van der Waals surface area contributed by atoms with E-state index < -0.39 is 59.8 Å². The first-order valence-corrected chi connectivity index (χ1v) is 6.22. The minimum absolute atomic E-state index is 1.74. The van der Waals surface area contributed by atoms with Crippen molar-refractivity contribution in [2.75, 3.05) is 0 Å². The van der Waals surface area contributed by atoms with Crippen molar-refractivity contribution in [2.24, 2.45) is 10.8 Å². The normalized spacial score (nSPS) is 15.7. The lowest BCUT2D eigenvalue weighted by molar-refractivity contribution is -0.417. The maximum Gasteiger partial charge on any atom is 0.423 e. The van der Waals surface area contributed by atoms with Gasteiger partial charge in [-0.15, -0.1) is 0 Å². The van der Waals surface area contributed by atoms with Gasteiger partial charge in [0.05, 0.1) is 0 Å². The summed E-state index contributed by atoms with van der Waals surface area (Å²) in [6, 6.07) is 0. The van der Waals surface area contributed by atoms with E-state index in [1.54, 1.807) is 4.74 Å². The van der Waals surface area contributed by atoms with E-state index in [4.69, 9.17) is 0 Å². The Morgan fingerprint density at radius 1 is 0.355 bits per heavy atom. The van der Waals surface area contributed by atoms with Crippen LogP contribution in [0.1, 0.15) is 0 Å². The lowest BCUT2D eigenvalue weighted by Gasteiger charge is -2.38. The molecule has 0 heterocycles. The highest BCUT2D eigenvalue weighted by Gasteiger charge is 2.92. The number of esters is 2. The summed E-state index contributed by atoms with van der Waals surface area (Å²) in [5.74, 6) is -10.6. The molecule has 0 aromatic carbocycles. The Hall–Kier alpha value is -2.12. The molecule has 0 unspecified atom stereocenters. The Balaban J connectivity index is 7.11. The van der Waals surface area contributed by atoms with Crippen molar-refractivity contribution in [2.45, 2.75) is 37.1 Å². The molecule has 3 nitrogen and oxygen atoms in total. The van der Waals surface area contributed by atoms with Crippen molar-refractivity contribution in [1.29, 1.82) is 0 Å². The van der Waals surface area contributed by atoms with Crippen LogP contribution in [0.4, 0.5) is 79.0 Å². The second-order valence-corrected chi connectivity index (χ2v) is 5.16. The summed E-state index contributed by atoms with van der Waals surface area (Å²) >= 11 is 0. The summed E-state index contributed by atoms with van der Waals surface area (Å²) < 4.78 is 228. The van der Waals surface area contributed by atoms with E-state index in [-0.39, 0.29) is 0 Å². The number of alkyl halides is 18. The summed E-state index contributed by atoms with van der Waals surface area (Å²) in [4.78, 5) is 21.9. The van der Waals surface area contributed by atoms with Gasteiger partial charge >= 0.3 is 59.8 Å². The summed E-state index contributed by atoms with van der Waals surface area (Å²) in [6.45, 7) is 0. The van der Waals surface area contributed by atoms with Crippen LogP contribution in [0.25, 0.3) is 0 Å². The molecule has 0 amide bonds. The van der Waals surface area contributed by atoms with E-state index >= 15 is 0 Å². The monoisotopic (exact) mass is 510 g/mol. The van der Waals surface area contributed by atoms with Crippen molar-refractivity contribution in [3.8, 4) is 0 Å². The molecule has 0 aromatic heterocycles. The summed E-state index contributed by atoms with van der Waals surface area (Å²) in [7, 11) is 0. The van der Waals surface area contributed by atoms with E-state index in [0.717, 1.165) is 0 Å². The zero-order chi connectivity index (χ0) is 25.9. The second-order valence-electron chi connectivity index (χ2n) is 5.16. The molecule has 0 aliphatic heterocycles. The molecular formula is C10F18O3. The molecule has 0 aliphatic rings. The van der Waals surface area contributed by atoms with Gasteiger partial charge in [0.15, 0.2) is 0 Å². The van der Waals surface area contributed by atoms with Crippen molar-refractivity contribution < 1.29 is 93.4 Å². The molecule has 0 aromatic rings. The summed E-state index contributed by atoms with van der Waals surface area (Å²) in [5.41, 5.74) is -16.0. The minimum Gasteiger partial charge on any atom is -0.391 e. The molecule has 0 rings (SSSR count). The topological polar surface area (TPSA) is 43.4 Å². The molecule has 0 radical (unpaired) electrons. The van der Waals surface area contributed by atoms with Crippen LogP contribution < -0.4 is 0 Å². The first kappa shape index (κ1) is 28.9. The fourth-order valence-electron chi connectivity index (χ4n) is 1.90. The maximum absolute atomic E-state index is 12.5. The SMILES string of the molecule is O=C(OC(=O)C(C(F)(F)F)(C(F)(F)F)C(F)(F)F)C(C(F)(F)F)(C(F)(F)F)C(F)(F)F. The molecule has 0 N–H and O–H groups in total. The van der Waals surface area contributed by atoms with Crippen LogP contribution in [0.5, 0.6) is 0 Å². The Bertz CT molecular complexity index is 563. The van der Waals surface area contributed by atoms with Crippen LogP contribution in [-0.2, 0) is 14.3 Å². The Morgan fingerprint density at radius 2 is 0.484 bits per heavy atom. The number of carbonyl (C=O) groups excluding carboxylic acids is 2. The zero-order valence-electron chi connectivity index (χ0n) is 13.0. The smallest absolute Gasteiger partial charge is 0.391 e.